The Hall–Kier alpha value is -0.680. The van der Waals surface area contributed by atoms with Crippen LogP contribution in [0.25, 0.3) is 0 Å². The first-order valence-electron chi connectivity index (χ1n) is 1.76. The Morgan fingerprint density at radius 3 is 2.83 bits per heavy atom. The molecular formula is C4H5NO. The van der Waals surface area contributed by atoms with Gasteiger partial charge in [-0.3, -0.25) is 0 Å². The first-order valence-corrected chi connectivity index (χ1v) is 1.76. The van der Waals surface area contributed by atoms with Gasteiger partial charge in [0, 0.05) is 6.04 Å². The first kappa shape index (κ1) is 3.51. The highest BCUT2D eigenvalue weighted by atomic mass is 16.6. The lowest BCUT2D eigenvalue weighted by Crippen LogP contribution is -2.07. The molecule has 1 N–H and O–H groups in total. The Labute approximate surface area is 36.5 Å². The summed E-state index contributed by atoms with van der Waals surface area (Å²) in [6, 6.07) is 2.25. The van der Waals surface area contributed by atoms with Gasteiger partial charge < -0.3 is 10.1 Å². The lowest BCUT2D eigenvalue weighted by molar-refractivity contribution is 0.394. The normalized spacial score (nSPS) is 28.2. The SMILES string of the molecule is C#CNC1CO1. The highest BCUT2D eigenvalue weighted by Gasteiger charge is 2.19. The van der Waals surface area contributed by atoms with Crippen LogP contribution in [-0.4, -0.2) is 12.8 Å². The van der Waals surface area contributed by atoms with Gasteiger partial charge in [0.25, 0.3) is 0 Å². The third-order valence-corrected chi connectivity index (χ3v) is 0.578. The fourth-order valence-electron chi connectivity index (χ4n) is 0.224. The second-order valence-corrected chi connectivity index (χ2v) is 1.11. The Bertz CT molecular complexity index is 80.0. The van der Waals surface area contributed by atoms with Crippen LogP contribution >= 0.6 is 0 Å². The van der Waals surface area contributed by atoms with Crippen molar-refractivity contribution < 1.29 is 4.74 Å². The maximum absolute atomic E-state index is 4.83. The van der Waals surface area contributed by atoms with Gasteiger partial charge in [0.15, 0.2) is 6.23 Å². The smallest absolute Gasteiger partial charge is 0.158 e. The van der Waals surface area contributed by atoms with Crippen LogP contribution in [-0.2, 0) is 4.74 Å². The molecule has 2 nitrogen and oxygen atoms in total. The topological polar surface area (TPSA) is 24.6 Å². The molecule has 0 spiro atoms. The minimum absolute atomic E-state index is 0.162. The van der Waals surface area contributed by atoms with E-state index in [0.717, 1.165) is 6.61 Å². The van der Waals surface area contributed by atoms with Crippen LogP contribution < -0.4 is 5.32 Å². The summed E-state index contributed by atoms with van der Waals surface area (Å²) in [6.07, 6.45) is 4.99. The van der Waals surface area contributed by atoms with Crippen molar-refractivity contribution in [3.8, 4) is 12.5 Å². The van der Waals surface area contributed by atoms with Crippen molar-refractivity contribution in [1.82, 2.24) is 5.32 Å². The van der Waals surface area contributed by atoms with Crippen LogP contribution in [0.4, 0.5) is 0 Å². The summed E-state index contributed by atoms with van der Waals surface area (Å²) in [5.74, 6) is 0. The second kappa shape index (κ2) is 1.19. The lowest BCUT2D eigenvalue weighted by atomic mass is 10.8. The number of rotatable bonds is 1. The molecule has 0 aromatic carbocycles. The van der Waals surface area contributed by atoms with Crippen molar-refractivity contribution in [2.24, 2.45) is 0 Å². The fraction of sp³-hybridized carbons (Fsp3) is 0.500. The average Bonchev–Trinajstić information content (AvgIpc) is 2.21. The molecule has 0 radical (unpaired) electrons. The second-order valence-electron chi connectivity index (χ2n) is 1.11. The fourth-order valence-corrected chi connectivity index (χ4v) is 0.224. The molecule has 1 aliphatic rings. The molecule has 1 unspecified atom stereocenters. The molecule has 0 aromatic rings. The minimum atomic E-state index is 0.162. The summed E-state index contributed by atoms with van der Waals surface area (Å²) in [4.78, 5) is 0. The van der Waals surface area contributed by atoms with E-state index in [1.54, 1.807) is 0 Å². The van der Waals surface area contributed by atoms with Crippen molar-refractivity contribution in [2.75, 3.05) is 6.61 Å². The first-order chi connectivity index (χ1) is 2.93. The van der Waals surface area contributed by atoms with E-state index in [0.29, 0.717) is 0 Å². The molecule has 32 valence electrons. The zero-order chi connectivity index (χ0) is 4.41. The Morgan fingerprint density at radius 1 is 2.00 bits per heavy atom. The number of terminal acetylenes is 1. The standard InChI is InChI=1S/C4H5NO/c1-2-5-4-3-6-4/h1,4-5H,3H2. The van der Waals surface area contributed by atoms with Crippen LogP contribution in [0.15, 0.2) is 0 Å². The van der Waals surface area contributed by atoms with Crippen LogP contribution in [0.1, 0.15) is 0 Å². The van der Waals surface area contributed by atoms with Gasteiger partial charge in [-0.05, 0) is 0 Å². The van der Waals surface area contributed by atoms with Crippen LogP contribution in [0.2, 0.25) is 0 Å². The van der Waals surface area contributed by atoms with Crippen molar-refractivity contribution >= 4 is 0 Å². The molecule has 1 fully saturated rings. The van der Waals surface area contributed by atoms with Crippen LogP contribution in [0.5, 0.6) is 0 Å². The van der Waals surface area contributed by atoms with Gasteiger partial charge in [-0.2, -0.15) is 0 Å². The molecule has 0 amide bonds. The summed E-state index contributed by atoms with van der Waals surface area (Å²) >= 11 is 0. The third-order valence-electron chi connectivity index (χ3n) is 0.578. The summed E-state index contributed by atoms with van der Waals surface area (Å²) in [5.41, 5.74) is 0. The predicted molar refractivity (Wildman–Crippen MR) is 21.7 cm³/mol. The number of ether oxygens (including phenoxy) is 1. The van der Waals surface area contributed by atoms with Crippen molar-refractivity contribution in [2.45, 2.75) is 6.23 Å². The predicted octanol–water partition coefficient (Wildman–Crippen LogP) is -0.477. The third kappa shape index (κ3) is 0.631. The summed E-state index contributed by atoms with van der Waals surface area (Å²) in [6.45, 7) is 0.768. The molecule has 1 atom stereocenters. The van der Waals surface area contributed by atoms with E-state index < -0.39 is 0 Å². The van der Waals surface area contributed by atoms with E-state index in [2.05, 4.69) is 11.4 Å². The van der Waals surface area contributed by atoms with Crippen LogP contribution in [0.3, 0.4) is 0 Å². The number of hydrogen-bond acceptors (Lipinski definition) is 2. The number of epoxide rings is 1. The van der Waals surface area contributed by atoms with Gasteiger partial charge in [0.2, 0.25) is 0 Å². The molecule has 0 aromatic heterocycles. The summed E-state index contributed by atoms with van der Waals surface area (Å²) < 4.78 is 4.70. The van der Waals surface area contributed by atoms with Gasteiger partial charge in [-0.15, -0.1) is 0 Å². The monoisotopic (exact) mass is 83.0 g/mol. The van der Waals surface area contributed by atoms with E-state index in [1.165, 1.54) is 0 Å². The van der Waals surface area contributed by atoms with Crippen molar-refractivity contribution in [3.05, 3.63) is 0 Å². The molecule has 0 saturated carbocycles. The molecule has 2 heteroatoms. The quantitative estimate of drug-likeness (QED) is 0.263. The Balaban J connectivity index is 2.05. The molecule has 1 saturated heterocycles. The van der Waals surface area contributed by atoms with Crippen molar-refractivity contribution in [1.29, 1.82) is 0 Å². The zero-order valence-electron chi connectivity index (χ0n) is 3.27. The van der Waals surface area contributed by atoms with Gasteiger partial charge in [-0.25, -0.2) is 0 Å². The molecule has 0 aliphatic carbocycles. The van der Waals surface area contributed by atoms with Gasteiger partial charge in [-0.1, -0.05) is 6.42 Å². The number of nitrogens with one attached hydrogen (secondary N) is 1. The van der Waals surface area contributed by atoms with E-state index in [-0.39, 0.29) is 6.23 Å². The van der Waals surface area contributed by atoms with E-state index in [1.807, 2.05) is 0 Å². The Kier molecular flexibility index (Phi) is 0.697. The van der Waals surface area contributed by atoms with Gasteiger partial charge in [0.05, 0.1) is 6.61 Å². The largest absolute Gasteiger partial charge is 0.351 e. The molecule has 0 bridgehead atoms. The van der Waals surface area contributed by atoms with E-state index in [9.17, 15) is 0 Å². The summed E-state index contributed by atoms with van der Waals surface area (Å²) in [7, 11) is 0. The highest BCUT2D eigenvalue weighted by Crippen LogP contribution is 2.01. The van der Waals surface area contributed by atoms with Crippen LogP contribution in [0, 0.1) is 12.5 Å². The van der Waals surface area contributed by atoms with E-state index in [4.69, 9.17) is 11.2 Å². The minimum Gasteiger partial charge on any atom is -0.351 e. The highest BCUT2D eigenvalue weighted by molar-refractivity contribution is 4.85. The summed E-state index contributed by atoms with van der Waals surface area (Å²) in [5, 5.41) is 2.62. The maximum Gasteiger partial charge on any atom is 0.158 e. The van der Waals surface area contributed by atoms with E-state index >= 15 is 0 Å². The molecule has 1 aliphatic heterocycles. The van der Waals surface area contributed by atoms with Crippen molar-refractivity contribution in [3.63, 3.8) is 0 Å². The number of hydrogen-bond donors (Lipinski definition) is 1. The molecular weight excluding hydrogens is 78.0 g/mol. The lowest BCUT2D eigenvalue weighted by Gasteiger charge is -1.79. The maximum atomic E-state index is 4.83. The van der Waals surface area contributed by atoms with Gasteiger partial charge >= 0.3 is 0 Å². The van der Waals surface area contributed by atoms with Gasteiger partial charge in [0.1, 0.15) is 0 Å². The molecule has 6 heavy (non-hydrogen) atoms. The Morgan fingerprint density at radius 2 is 2.67 bits per heavy atom. The average molecular weight is 83.1 g/mol. The molecule has 1 rings (SSSR count). The zero-order valence-corrected chi connectivity index (χ0v) is 3.27. The molecule has 1 heterocycles.